The summed E-state index contributed by atoms with van der Waals surface area (Å²) in [4.78, 5) is 65.4. The third kappa shape index (κ3) is 8.06. The van der Waals surface area contributed by atoms with Gasteiger partial charge in [-0.15, -0.1) is 10.2 Å². The van der Waals surface area contributed by atoms with Crippen LogP contribution in [0.3, 0.4) is 0 Å². The molecule has 2 aromatic carbocycles. The molecule has 18 heteroatoms. The van der Waals surface area contributed by atoms with E-state index in [1.807, 2.05) is 0 Å². The Bertz CT molecular complexity index is 2080. The van der Waals surface area contributed by atoms with Crippen molar-refractivity contribution in [2.45, 2.75) is 12.5 Å². The van der Waals surface area contributed by atoms with Crippen LogP contribution >= 0.6 is 8.25 Å². The number of benzene rings is 2. The molecule has 0 bridgehead atoms. The third-order valence-electron chi connectivity index (χ3n) is 6.83. The van der Waals surface area contributed by atoms with Crippen LogP contribution in [0.5, 0.6) is 0 Å². The average molecular weight is 692 g/mol. The Kier molecular flexibility index (Phi) is 10.3. The first-order valence-corrected chi connectivity index (χ1v) is 15.7. The van der Waals surface area contributed by atoms with Gasteiger partial charge in [-0.3, -0.25) is 19.2 Å². The fourth-order valence-corrected chi connectivity index (χ4v) is 5.16. The standard InChI is InChI=1S/C32H23N10O7P/c43-27-21(17-33-25(37-27)23-13-7-15-35-41-23)29(45)39-31(19-9-3-1-4-10-19)48-50(47)49-32(20-11-5-2-6-12-20)40-30(46)22-18-34-26(38-28(22)44)24-14-8-16-36-42-24/h1-18,31-32H,(H3-,33,34,37,38,39,40,43,44,45,46)/p+1. The molecule has 2 amide bonds. The molecule has 4 N–H and O–H groups in total. The van der Waals surface area contributed by atoms with Gasteiger partial charge in [0.25, 0.3) is 22.9 Å². The van der Waals surface area contributed by atoms with Gasteiger partial charge >= 0.3 is 8.25 Å². The number of amides is 2. The SMILES string of the molecule is O=C(NC(O[P+](=O)OC(NC(=O)c1cnc(-c2cccnn2)[nH]c1=O)c1ccccc1)c1ccccc1)c1cnc(-c2cccnn2)[nH]c1=O. The number of rotatable bonds is 12. The summed E-state index contributed by atoms with van der Waals surface area (Å²) in [5, 5.41) is 20.3. The van der Waals surface area contributed by atoms with Gasteiger partial charge in [-0.2, -0.15) is 10.2 Å². The summed E-state index contributed by atoms with van der Waals surface area (Å²) in [6.45, 7) is 0. The summed E-state index contributed by atoms with van der Waals surface area (Å²) >= 11 is 0. The summed E-state index contributed by atoms with van der Waals surface area (Å²) in [7, 11) is -3.10. The van der Waals surface area contributed by atoms with Gasteiger partial charge in [-0.05, 0) is 24.3 Å². The van der Waals surface area contributed by atoms with E-state index < -0.39 is 43.6 Å². The van der Waals surface area contributed by atoms with Crippen molar-refractivity contribution in [3.63, 3.8) is 0 Å². The second kappa shape index (κ2) is 15.5. The Morgan fingerprint density at radius 3 is 1.40 bits per heavy atom. The number of H-pyrrole nitrogens is 2. The quantitative estimate of drug-likeness (QED) is 0.107. The molecule has 0 aliphatic rings. The molecular formula is C32H24N10O7P+. The van der Waals surface area contributed by atoms with Gasteiger partial charge in [0.15, 0.2) is 11.6 Å². The van der Waals surface area contributed by atoms with Crippen LogP contribution in [-0.4, -0.2) is 52.1 Å². The number of aromatic amines is 2. The zero-order chi connectivity index (χ0) is 34.9. The first-order chi connectivity index (χ1) is 24.4. The van der Waals surface area contributed by atoms with Crippen LogP contribution in [-0.2, 0) is 13.6 Å². The predicted molar refractivity (Wildman–Crippen MR) is 175 cm³/mol. The fraction of sp³-hybridized carbons (Fsp3) is 0.0625. The van der Waals surface area contributed by atoms with Crippen molar-refractivity contribution in [1.82, 2.24) is 51.0 Å². The van der Waals surface area contributed by atoms with E-state index in [0.717, 1.165) is 12.4 Å². The molecule has 0 aliphatic heterocycles. The van der Waals surface area contributed by atoms with Crippen molar-refractivity contribution < 1.29 is 23.2 Å². The Morgan fingerprint density at radius 1 is 0.620 bits per heavy atom. The van der Waals surface area contributed by atoms with Crippen LogP contribution < -0.4 is 21.8 Å². The second-order valence-electron chi connectivity index (χ2n) is 10.1. The van der Waals surface area contributed by atoms with Crippen molar-refractivity contribution in [2.24, 2.45) is 0 Å². The molecule has 6 rings (SSSR count). The van der Waals surface area contributed by atoms with Gasteiger partial charge < -0.3 is 20.6 Å². The highest BCUT2D eigenvalue weighted by Crippen LogP contribution is 2.37. The molecule has 2 atom stereocenters. The maximum absolute atomic E-state index is 13.4. The van der Waals surface area contributed by atoms with Gasteiger partial charge in [0, 0.05) is 40.5 Å². The lowest BCUT2D eigenvalue weighted by molar-refractivity contribution is 0.0692. The minimum Gasteiger partial charge on any atom is -0.318 e. The van der Waals surface area contributed by atoms with Gasteiger partial charge in [0.2, 0.25) is 12.5 Å². The maximum Gasteiger partial charge on any atom is 0.702 e. The summed E-state index contributed by atoms with van der Waals surface area (Å²) in [5.41, 5.74) is -0.983. The van der Waals surface area contributed by atoms with E-state index in [1.165, 1.54) is 12.4 Å². The highest BCUT2D eigenvalue weighted by molar-refractivity contribution is 7.33. The Morgan fingerprint density at radius 2 is 1.04 bits per heavy atom. The smallest absolute Gasteiger partial charge is 0.318 e. The number of nitrogens with one attached hydrogen (secondary N) is 4. The van der Waals surface area contributed by atoms with E-state index in [2.05, 4.69) is 51.0 Å². The van der Waals surface area contributed by atoms with Gasteiger partial charge in [0.05, 0.1) is 0 Å². The van der Waals surface area contributed by atoms with Gasteiger partial charge in [-0.1, -0.05) is 69.7 Å². The van der Waals surface area contributed by atoms with E-state index in [9.17, 15) is 23.7 Å². The van der Waals surface area contributed by atoms with Crippen molar-refractivity contribution in [1.29, 1.82) is 0 Å². The zero-order valence-corrected chi connectivity index (χ0v) is 26.4. The highest BCUT2D eigenvalue weighted by Gasteiger charge is 2.36. The number of aromatic nitrogens is 8. The zero-order valence-electron chi connectivity index (χ0n) is 25.5. The van der Waals surface area contributed by atoms with Crippen LogP contribution in [0.25, 0.3) is 23.0 Å². The van der Waals surface area contributed by atoms with Crippen molar-refractivity contribution in [2.75, 3.05) is 0 Å². The lowest BCUT2D eigenvalue weighted by Crippen LogP contribution is -2.35. The summed E-state index contributed by atoms with van der Waals surface area (Å²) in [6.07, 6.45) is 2.26. The van der Waals surface area contributed by atoms with Gasteiger partial charge in [-0.25, -0.2) is 9.97 Å². The second-order valence-corrected chi connectivity index (χ2v) is 11.0. The minimum absolute atomic E-state index is 0.0974. The first-order valence-electron chi connectivity index (χ1n) is 14.6. The lowest BCUT2D eigenvalue weighted by Gasteiger charge is -2.16. The molecule has 4 heterocycles. The molecule has 6 aromatic rings. The molecule has 17 nitrogen and oxygen atoms in total. The molecule has 0 spiro atoms. The number of hydrogen-bond donors (Lipinski definition) is 4. The number of hydrogen-bond acceptors (Lipinski definition) is 13. The van der Waals surface area contributed by atoms with E-state index >= 15 is 0 Å². The van der Waals surface area contributed by atoms with Crippen LogP contribution in [0.4, 0.5) is 0 Å². The number of carbonyl (C=O) groups excluding carboxylic acids is 2. The third-order valence-corrected chi connectivity index (χ3v) is 7.60. The molecule has 0 saturated heterocycles. The van der Waals surface area contributed by atoms with E-state index in [-0.39, 0.29) is 34.2 Å². The van der Waals surface area contributed by atoms with Crippen LogP contribution in [0.15, 0.2) is 119 Å². The summed E-state index contributed by atoms with van der Waals surface area (Å²) in [5.74, 6) is -1.60. The van der Waals surface area contributed by atoms with Crippen LogP contribution in [0.2, 0.25) is 0 Å². The molecule has 0 aliphatic carbocycles. The molecule has 0 fully saturated rings. The Balaban J connectivity index is 1.20. The lowest BCUT2D eigenvalue weighted by atomic mass is 10.2. The monoisotopic (exact) mass is 691 g/mol. The topological polar surface area (TPSA) is 237 Å². The summed E-state index contributed by atoms with van der Waals surface area (Å²) in [6, 6.07) is 22.8. The normalized spacial score (nSPS) is 12.4. The largest absolute Gasteiger partial charge is 0.702 e. The molecule has 50 heavy (non-hydrogen) atoms. The van der Waals surface area contributed by atoms with Crippen molar-refractivity contribution in [3.8, 4) is 23.0 Å². The van der Waals surface area contributed by atoms with Crippen molar-refractivity contribution in [3.05, 3.63) is 153 Å². The van der Waals surface area contributed by atoms with Gasteiger partial charge in [0.1, 0.15) is 22.5 Å². The number of nitrogens with zero attached hydrogens (tertiary/aromatic N) is 6. The maximum atomic E-state index is 13.4. The van der Waals surface area contributed by atoms with E-state index in [1.54, 1.807) is 84.9 Å². The Labute approximate surface area is 282 Å². The first kappa shape index (κ1) is 33.2. The highest BCUT2D eigenvalue weighted by atomic mass is 31.1. The van der Waals surface area contributed by atoms with Crippen LogP contribution in [0.1, 0.15) is 44.3 Å². The average Bonchev–Trinajstić information content (AvgIpc) is 3.15. The van der Waals surface area contributed by atoms with E-state index in [4.69, 9.17) is 9.05 Å². The summed E-state index contributed by atoms with van der Waals surface area (Å²) < 4.78 is 24.7. The molecule has 4 aromatic heterocycles. The Hall–Kier alpha value is -6.68. The molecule has 0 saturated carbocycles. The molecular weight excluding hydrogens is 667 g/mol. The fourth-order valence-electron chi connectivity index (χ4n) is 4.42. The predicted octanol–water partition coefficient (Wildman–Crippen LogP) is 3.02. The number of carbonyl (C=O) groups is 2. The van der Waals surface area contributed by atoms with Crippen molar-refractivity contribution >= 4 is 20.1 Å². The van der Waals surface area contributed by atoms with Crippen LogP contribution in [0, 0.1) is 0 Å². The van der Waals surface area contributed by atoms with E-state index in [0.29, 0.717) is 11.1 Å². The molecule has 248 valence electrons. The molecule has 2 unspecified atom stereocenters. The minimum atomic E-state index is -3.10. The molecule has 0 radical (unpaired) electrons.